The van der Waals surface area contributed by atoms with Gasteiger partial charge in [0.15, 0.2) is 0 Å². The maximum atomic E-state index is 10.7. The van der Waals surface area contributed by atoms with Crippen LogP contribution >= 0.6 is 11.6 Å². The zero-order chi connectivity index (χ0) is 13.0. The number of pyridine rings is 1. The number of nitrogens with zero attached hydrogens (tertiary/aromatic N) is 2. The number of nitro benzene ring substituents is 1. The summed E-state index contributed by atoms with van der Waals surface area (Å²) < 4.78 is 5.57. The van der Waals surface area contributed by atoms with Crippen molar-refractivity contribution in [1.29, 1.82) is 0 Å². The molecule has 0 aliphatic rings. The molecular weight excluding hydrogens is 256 g/mol. The molecule has 0 amide bonds. The summed E-state index contributed by atoms with van der Waals surface area (Å²) >= 11 is 5.76. The number of non-ortho nitro benzene ring substituents is 1. The number of nitro groups is 1. The van der Waals surface area contributed by atoms with E-state index in [1.807, 2.05) is 0 Å². The maximum Gasteiger partial charge on any atom is 0.270 e. The van der Waals surface area contributed by atoms with Gasteiger partial charge in [-0.15, -0.1) is 11.6 Å². The number of halogens is 1. The zero-order valence-corrected chi connectivity index (χ0v) is 10.0. The van der Waals surface area contributed by atoms with Gasteiger partial charge in [-0.25, -0.2) is 0 Å². The van der Waals surface area contributed by atoms with Crippen LogP contribution in [0.15, 0.2) is 42.7 Å². The van der Waals surface area contributed by atoms with Gasteiger partial charge in [0.25, 0.3) is 5.69 Å². The monoisotopic (exact) mass is 264 g/mol. The van der Waals surface area contributed by atoms with Crippen LogP contribution in [0, 0.1) is 10.1 Å². The molecule has 0 radical (unpaired) electrons. The van der Waals surface area contributed by atoms with Gasteiger partial charge in [-0.3, -0.25) is 15.1 Å². The van der Waals surface area contributed by atoms with Crippen LogP contribution in [0.1, 0.15) is 5.56 Å². The predicted octanol–water partition coefficient (Wildman–Crippen LogP) is 3.52. The van der Waals surface area contributed by atoms with E-state index in [1.165, 1.54) is 18.2 Å². The van der Waals surface area contributed by atoms with E-state index in [0.717, 1.165) is 0 Å². The summed E-state index contributed by atoms with van der Waals surface area (Å²) in [6, 6.07) is 7.79. The molecule has 0 N–H and O–H groups in total. The van der Waals surface area contributed by atoms with Crippen molar-refractivity contribution in [3.8, 4) is 11.5 Å². The lowest BCUT2D eigenvalue weighted by Crippen LogP contribution is -1.93. The molecule has 0 unspecified atom stereocenters. The van der Waals surface area contributed by atoms with Crippen LogP contribution in [-0.4, -0.2) is 9.91 Å². The van der Waals surface area contributed by atoms with Crippen molar-refractivity contribution < 1.29 is 9.66 Å². The molecule has 2 rings (SSSR count). The van der Waals surface area contributed by atoms with E-state index in [-0.39, 0.29) is 11.6 Å². The van der Waals surface area contributed by atoms with Crippen LogP contribution in [0.25, 0.3) is 0 Å². The van der Waals surface area contributed by atoms with E-state index in [2.05, 4.69) is 4.98 Å². The topological polar surface area (TPSA) is 65.3 Å². The lowest BCUT2D eigenvalue weighted by atomic mass is 10.2. The molecule has 0 atom stereocenters. The smallest absolute Gasteiger partial charge is 0.270 e. The lowest BCUT2D eigenvalue weighted by molar-refractivity contribution is -0.384. The molecule has 0 saturated carbocycles. The fraction of sp³-hybridized carbons (Fsp3) is 0.0833. The fourth-order valence-corrected chi connectivity index (χ4v) is 1.63. The summed E-state index contributed by atoms with van der Waals surface area (Å²) in [5.74, 6) is 1.18. The van der Waals surface area contributed by atoms with Crippen LogP contribution in [0.5, 0.6) is 11.5 Å². The Morgan fingerprint density at radius 1 is 1.39 bits per heavy atom. The van der Waals surface area contributed by atoms with Crippen LogP contribution < -0.4 is 4.74 Å². The molecule has 0 fully saturated rings. The minimum atomic E-state index is -0.468. The number of ether oxygens (including phenoxy) is 1. The van der Waals surface area contributed by atoms with Gasteiger partial charge < -0.3 is 4.74 Å². The summed E-state index contributed by atoms with van der Waals surface area (Å²) in [6.45, 7) is 0. The molecule has 18 heavy (non-hydrogen) atoms. The van der Waals surface area contributed by atoms with Crippen LogP contribution in [-0.2, 0) is 5.88 Å². The first-order chi connectivity index (χ1) is 8.70. The normalized spacial score (nSPS) is 10.1. The standard InChI is InChI=1S/C12H9ClN2O3/c13-7-9-6-10(15(16)17)3-4-12(9)18-11-2-1-5-14-8-11/h1-6,8H,7H2. The molecule has 6 heteroatoms. The van der Waals surface area contributed by atoms with E-state index in [0.29, 0.717) is 17.1 Å². The summed E-state index contributed by atoms with van der Waals surface area (Å²) in [5.41, 5.74) is 0.555. The second kappa shape index (κ2) is 5.46. The SMILES string of the molecule is O=[N+]([O-])c1ccc(Oc2cccnc2)c(CCl)c1. The molecule has 1 aromatic heterocycles. The molecular formula is C12H9ClN2O3. The highest BCUT2D eigenvalue weighted by atomic mass is 35.5. The second-order valence-corrected chi connectivity index (χ2v) is 3.74. The summed E-state index contributed by atoms with van der Waals surface area (Å²) in [6.07, 6.45) is 3.19. The van der Waals surface area contributed by atoms with Gasteiger partial charge >= 0.3 is 0 Å². The molecule has 0 aliphatic heterocycles. The van der Waals surface area contributed by atoms with E-state index >= 15 is 0 Å². The third-order valence-corrected chi connectivity index (χ3v) is 2.55. The summed E-state index contributed by atoms with van der Waals surface area (Å²) in [4.78, 5) is 14.1. The highest BCUT2D eigenvalue weighted by molar-refractivity contribution is 6.17. The van der Waals surface area contributed by atoms with E-state index in [4.69, 9.17) is 16.3 Å². The van der Waals surface area contributed by atoms with Crippen molar-refractivity contribution in [2.24, 2.45) is 0 Å². The van der Waals surface area contributed by atoms with E-state index in [9.17, 15) is 10.1 Å². The van der Waals surface area contributed by atoms with Gasteiger partial charge in [-0.1, -0.05) is 0 Å². The van der Waals surface area contributed by atoms with Crippen molar-refractivity contribution in [3.05, 3.63) is 58.4 Å². The number of rotatable bonds is 4. The van der Waals surface area contributed by atoms with Gasteiger partial charge in [-0.2, -0.15) is 0 Å². The molecule has 0 saturated heterocycles. The molecule has 1 aromatic carbocycles. The minimum absolute atomic E-state index is 0.0100. The Morgan fingerprint density at radius 2 is 2.22 bits per heavy atom. The van der Waals surface area contributed by atoms with Crippen LogP contribution in [0.4, 0.5) is 5.69 Å². The number of benzene rings is 1. The van der Waals surface area contributed by atoms with Crippen molar-refractivity contribution in [2.45, 2.75) is 5.88 Å². The largest absolute Gasteiger partial charge is 0.455 e. The first kappa shape index (κ1) is 12.3. The van der Waals surface area contributed by atoms with E-state index < -0.39 is 4.92 Å². The molecule has 92 valence electrons. The van der Waals surface area contributed by atoms with Crippen molar-refractivity contribution >= 4 is 17.3 Å². The third-order valence-electron chi connectivity index (χ3n) is 2.26. The quantitative estimate of drug-likeness (QED) is 0.481. The molecule has 0 spiro atoms. The van der Waals surface area contributed by atoms with Crippen molar-refractivity contribution in [2.75, 3.05) is 0 Å². The Bertz CT molecular complexity index is 561. The highest BCUT2D eigenvalue weighted by Gasteiger charge is 2.11. The Hall–Kier alpha value is -2.14. The third kappa shape index (κ3) is 2.75. The summed E-state index contributed by atoms with van der Waals surface area (Å²) in [7, 11) is 0. The number of hydrogen-bond acceptors (Lipinski definition) is 4. The van der Waals surface area contributed by atoms with Gasteiger partial charge in [0, 0.05) is 23.9 Å². The van der Waals surface area contributed by atoms with Gasteiger partial charge in [0.2, 0.25) is 0 Å². The number of hydrogen-bond donors (Lipinski definition) is 0. The first-order valence-electron chi connectivity index (χ1n) is 5.12. The second-order valence-electron chi connectivity index (χ2n) is 3.47. The summed E-state index contributed by atoms with van der Waals surface area (Å²) in [5, 5.41) is 10.7. The Balaban J connectivity index is 2.31. The van der Waals surface area contributed by atoms with Gasteiger partial charge in [-0.05, 0) is 18.2 Å². The lowest BCUT2D eigenvalue weighted by Gasteiger charge is -2.08. The van der Waals surface area contributed by atoms with Gasteiger partial charge in [0.05, 0.1) is 17.0 Å². The average molecular weight is 265 g/mol. The van der Waals surface area contributed by atoms with Gasteiger partial charge in [0.1, 0.15) is 11.5 Å². The molecule has 2 aromatic rings. The minimum Gasteiger partial charge on any atom is -0.455 e. The number of aromatic nitrogens is 1. The average Bonchev–Trinajstić information content (AvgIpc) is 2.40. The predicted molar refractivity (Wildman–Crippen MR) is 67.0 cm³/mol. The Kier molecular flexibility index (Phi) is 3.74. The molecule has 0 aliphatic carbocycles. The fourth-order valence-electron chi connectivity index (χ4n) is 1.42. The highest BCUT2D eigenvalue weighted by Crippen LogP contribution is 2.29. The van der Waals surface area contributed by atoms with Crippen LogP contribution in [0.2, 0.25) is 0 Å². The Labute approximate surface area is 108 Å². The molecule has 5 nitrogen and oxygen atoms in total. The first-order valence-corrected chi connectivity index (χ1v) is 5.65. The van der Waals surface area contributed by atoms with Crippen molar-refractivity contribution in [1.82, 2.24) is 4.98 Å². The molecule has 0 bridgehead atoms. The van der Waals surface area contributed by atoms with E-state index in [1.54, 1.807) is 24.5 Å². The Morgan fingerprint density at radius 3 is 2.83 bits per heavy atom. The molecule has 1 heterocycles. The van der Waals surface area contributed by atoms with Crippen LogP contribution in [0.3, 0.4) is 0 Å². The van der Waals surface area contributed by atoms with Crippen molar-refractivity contribution in [3.63, 3.8) is 0 Å². The zero-order valence-electron chi connectivity index (χ0n) is 9.25. The maximum absolute atomic E-state index is 10.7. The number of alkyl halides is 1.